The molecule has 210 valence electrons. The Hall–Kier alpha value is -2.94. The van der Waals surface area contributed by atoms with Crippen LogP contribution in [-0.4, -0.2) is 56.1 Å². The summed E-state index contributed by atoms with van der Waals surface area (Å²) in [5, 5.41) is 12.8. The van der Waals surface area contributed by atoms with Crippen LogP contribution in [0.4, 0.5) is 0 Å². The summed E-state index contributed by atoms with van der Waals surface area (Å²) in [5.41, 5.74) is 3.64. The van der Waals surface area contributed by atoms with Crippen molar-refractivity contribution >= 4 is 21.4 Å². The average molecular weight is 560 g/mol. The number of benzene rings is 3. The number of hydrogen-bond acceptors (Lipinski definition) is 7. The van der Waals surface area contributed by atoms with E-state index in [2.05, 4.69) is 36.1 Å². The van der Waals surface area contributed by atoms with Crippen molar-refractivity contribution in [1.29, 1.82) is 0 Å². The number of hydrogen-bond donors (Lipinski definition) is 1. The molecular weight excluding hydrogens is 522 g/mol. The van der Waals surface area contributed by atoms with Crippen molar-refractivity contribution in [2.24, 2.45) is 0 Å². The number of thiophene rings is 1. The van der Waals surface area contributed by atoms with Crippen LogP contribution in [0, 0.1) is 0 Å². The number of ether oxygens (including phenoxy) is 4. The van der Waals surface area contributed by atoms with Crippen molar-refractivity contribution in [3.8, 4) is 21.9 Å². The van der Waals surface area contributed by atoms with Crippen molar-refractivity contribution in [2.75, 3.05) is 46.1 Å². The fourth-order valence-electron chi connectivity index (χ4n) is 5.52. The van der Waals surface area contributed by atoms with E-state index in [0.29, 0.717) is 26.4 Å². The fraction of sp³-hybridized carbons (Fsp3) is 0.394. The van der Waals surface area contributed by atoms with Gasteiger partial charge < -0.3 is 24.1 Å². The largest absolute Gasteiger partial charge is 0.493 e. The first-order valence-corrected chi connectivity index (χ1v) is 15.2. The Morgan fingerprint density at radius 2 is 1.73 bits per heavy atom. The van der Waals surface area contributed by atoms with E-state index in [0.717, 1.165) is 61.7 Å². The van der Waals surface area contributed by atoms with Crippen LogP contribution < -0.4 is 9.47 Å². The zero-order valence-corrected chi connectivity index (χ0v) is 23.8. The molecule has 0 spiro atoms. The van der Waals surface area contributed by atoms with Crippen LogP contribution >= 0.6 is 11.3 Å². The predicted molar refractivity (Wildman–Crippen MR) is 159 cm³/mol. The third-order valence-corrected chi connectivity index (χ3v) is 8.82. The van der Waals surface area contributed by atoms with Crippen molar-refractivity contribution in [3.63, 3.8) is 0 Å². The minimum atomic E-state index is -0.789. The first kappa shape index (κ1) is 27.2. The van der Waals surface area contributed by atoms with E-state index < -0.39 is 12.4 Å². The van der Waals surface area contributed by atoms with Crippen LogP contribution in [0.25, 0.3) is 20.5 Å². The van der Waals surface area contributed by atoms with Gasteiger partial charge in [0.05, 0.1) is 25.4 Å². The quantitative estimate of drug-likeness (QED) is 0.214. The highest BCUT2D eigenvalue weighted by Gasteiger charge is 2.26. The number of fused-ring (bicyclic) bond motifs is 1. The van der Waals surface area contributed by atoms with E-state index in [9.17, 15) is 5.11 Å². The van der Waals surface area contributed by atoms with Gasteiger partial charge in [-0.15, -0.1) is 11.3 Å². The van der Waals surface area contributed by atoms with Crippen molar-refractivity contribution in [2.45, 2.75) is 38.6 Å². The molecule has 1 unspecified atom stereocenters. The maximum atomic E-state index is 11.8. The minimum absolute atomic E-state index is 0.451. The molecule has 2 aliphatic heterocycles. The molecule has 0 amide bonds. The van der Waals surface area contributed by atoms with Gasteiger partial charge in [0, 0.05) is 21.7 Å². The van der Waals surface area contributed by atoms with Gasteiger partial charge >= 0.3 is 0 Å². The fourth-order valence-corrected chi connectivity index (χ4v) is 6.75. The lowest BCUT2D eigenvalue weighted by atomic mass is 9.95. The lowest BCUT2D eigenvalue weighted by Crippen LogP contribution is -2.25. The van der Waals surface area contributed by atoms with Gasteiger partial charge in [0.15, 0.2) is 6.29 Å². The van der Waals surface area contributed by atoms with Gasteiger partial charge in [0.1, 0.15) is 24.2 Å². The van der Waals surface area contributed by atoms with E-state index in [1.807, 2.05) is 42.5 Å². The Morgan fingerprint density at radius 1 is 0.950 bits per heavy atom. The van der Waals surface area contributed by atoms with Gasteiger partial charge in [0.2, 0.25) is 0 Å². The first-order valence-electron chi connectivity index (χ1n) is 14.4. The molecule has 6 rings (SSSR count). The second-order valence-corrected chi connectivity index (χ2v) is 11.4. The monoisotopic (exact) mass is 559 g/mol. The standard InChI is InChI=1S/C33H37NO5S/c1-2-18-37-28-14-11-24(22-27(28)33-38-20-21-39-33)32-30(26-7-3-4-8-29(26)40-32)31(35)23-9-12-25(13-10-23)36-19-17-34-15-5-6-16-34/h3-4,7-14,22,31,33,35H,2,5-6,15-21H2,1H3. The summed E-state index contributed by atoms with van der Waals surface area (Å²) < 4.78 is 24.9. The van der Waals surface area contributed by atoms with Gasteiger partial charge in [-0.2, -0.15) is 0 Å². The molecule has 0 radical (unpaired) electrons. The second-order valence-electron chi connectivity index (χ2n) is 10.4. The van der Waals surface area contributed by atoms with Crippen LogP contribution in [0.2, 0.25) is 0 Å². The molecule has 4 aromatic rings. The summed E-state index contributed by atoms with van der Waals surface area (Å²) in [4.78, 5) is 3.47. The van der Waals surface area contributed by atoms with Crippen molar-refractivity contribution in [1.82, 2.24) is 4.90 Å². The SMILES string of the molecule is CCCOc1ccc(-c2sc3ccccc3c2C(O)c2ccc(OCCN3CCCC3)cc2)cc1C1OCCO1. The molecule has 2 fully saturated rings. The van der Waals surface area contributed by atoms with Crippen molar-refractivity contribution in [3.05, 3.63) is 83.4 Å². The van der Waals surface area contributed by atoms with Crippen LogP contribution in [0.1, 0.15) is 55.3 Å². The normalized spacial score (nSPS) is 17.1. The molecule has 6 nitrogen and oxygen atoms in total. The van der Waals surface area contributed by atoms with Crippen LogP contribution in [0.3, 0.4) is 0 Å². The molecule has 0 bridgehead atoms. The first-order chi connectivity index (χ1) is 19.7. The molecule has 7 heteroatoms. The molecule has 3 heterocycles. The highest BCUT2D eigenvalue weighted by molar-refractivity contribution is 7.22. The van der Waals surface area contributed by atoms with Gasteiger partial charge in [-0.3, -0.25) is 4.90 Å². The molecule has 0 saturated carbocycles. The molecule has 2 saturated heterocycles. The summed E-state index contributed by atoms with van der Waals surface area (Å²) in [6.45, 7) is 7.81. The third kappa shape index (κ3) is 5.90. The molecule has 2 aliphatic rings. The molecule has 0 aliphatic carbocycles. The Morgan fingerprint density at radius 3 is 2.50 bits per heavy atom. The maximum absolute atomic E-state index is 11.8. The lowest BCUT2D eigenvalue weighted by molar-refractivity contribution is -0.0457. The maximum Gasteiger partial charge on any atom is 0.187 e. The molecule has 40 heavy (non-hydrogen) atoms. The molecule has 1 N–H and O–H groups in total. The van der Waals surface area contributed by atoms with E-state index in [1.165, 1.54) is 25.9 Å². The number of rotatable bonds is 11. The highest BCUT2D eigenvalue weighted by atomic mass is 32.1. The number of nitrogens with zero attached hydrogens (tertiary/aromatic N) is 1. The smallest absolute Gasteiger partial charge is 0.187 e. The van der Waals surface area contributed by atoms with Gasteiger partial charge in [-0.25, -0.2) is 0 Å². The van der Waals surface area contributed by atoms with Crippen LogP contribution in [-0.2, 0) is 9.47 Å². The van der Waals surface area contributed by atoms with E-state index in [1.54, 1.807) is 11.3 Å². The van der Waals surface area contributed by atoms with Gasteiger partial charge in [-0.05, 0) is 85.3 Å². The zero-order chi connectivity index (χ0) is 27.3. The predicted octanol–water partition coefficient (Wildman–Crippen LogP) is 6.96. The average Bonchev–Trinajstić information content (AvgIpc) is 3.78. The summed E-state index contributed by atoms with van der Waals surface area (Å²) in [7, 11) is 0. The number of likely N-dealkylation sites (tertiary alicyclic amines) is 1. The number of aliphatic hydroxyl groups excluding tert-OH is 1. The van der Waals surface area contributed by atoms with E-state index >= 15 is 0 Å². The van der Waals surface area contributed by atoms with E-state index in [4.69, 9.17) is 18.9 Å². The van der Waals surface area contributed by atoms with Gasteiger partial charge in [-0.1, -0.05) is 37.3 Å². The van der Waals surface area contributed by atoms with Crippen LogP contribution in [0.5, 0.6) is 11.5 Å². The minimum Gasteiger partial charge on any atom is -0.493 e. The van der Waals surface area contributed by atoms with Gasteiger partial charge in [0.25, 0.3) is 0 Å². The molecule has 1 aromatic heterocycles. The zero-order valence-electron chi connectivity index (χ0n) is 23.0. The summed E-state index contributed by atoms with van der Waals surface area (Å²) in [5.74, 6) is 1.61. The summed E-state index contributed by atoms with van der Waals surface area (Å²) in [6.07, 6.45) is 2.25. The summed E-state index contributed by atoms with van der Waals surface area (Å²) >= 11 is 1.69. The Labute approximate surface area is 240 Å². The third-order valence-electron chi connectivity index (χ3n) is 7.59. The molecular formula is C33H37NO5S. The van der Waals surface area contributed by atoms with Crippen molar-refractivity contribution < 1.29 is 24.1 Å². The number of aliphatic hydroxyl groups is 1. The second kappa shape index (κ2) is 12.7. The topological polar surface area (TPSA) is 60.4 Å². The van der Waals surface area contributed by atoms with E-state index in [-0.39, 0.29) is 0 Å². The molecule has 3 aromatic carbocycles. The Bertz CT molecular complexity index is 1410. The summed E-state index contributed by atoms with van der Waals surface area (Å²) in [6, 6.07) is 22.3. The lowest BCUT2D eigenvalue weighted by Gasteiger charge is -2.18. The highest BCUT2D eigenvalue weighted by Crippen LogP contribution is 2.45. The Kier molecular flexibility index (Phi) is 8.65. The molecule has 1 atom stereocenters. The van der Waals surface area contributed by atoms with Crippen LogP contribution in [0.15, 0.2) is 66.7 Å². The Balaban J connectivity index is 1.30.